The highest BCUT2D eigenvalue weighted by Gasteiger charge is 2.43. The van der Waals surface area contributed by atoms with Crippen LogP contribution in [-0.2, 0) is 15.8 Å². The zero-order chi connectivity index (χ0) is 23.7. The molecule has 0 radical (unpaired) electrons. The molecule has 2 amide bonds. The van der Waals surface area contributed by atoms with Gasteiger partial charge in [0, 0.05) is 17.4 Å². The average molecular weight is 481 g/mol. The van der Waals surface area contributed by atoms with E-state index in [1.54, 1.807) is 0 Å². The minimum atomic E-state index is -4.68. The monoisotopic (exact) mass is 480 g/mol. The molecule has 1 aliphatic heterocycles. The molecule has 32 heavy (non-hydrogen) atoms. The number of fused-ring (bicyclic) bond motifs is 1. The zero-order valence-electron chi connectivity index (χ0n) is 16.3. The molecule has 1 unspecified atom stereocenters. The lowest BCUT2D eigenvalue weighted by atomic mass is 10.2. The quantitative estimate of drug-likeness (QED) is 0.556. The Morgan fingerprint density at radius 3 is 2.09 bits per heavy atom. The Morgan fingerprint density at radius 1 is 0.969 bits per heavy atom. The summed E-state index contributed by atoms with van der Waals surface area (Å²) in [6, 6.07) is 6.66. The smallest absolute Gasteiger partial charge is 0.395 e. The van der Waals surface area contributed by atoms with Gasteiger partial charge in [0.2, 0.25) is 0 Å². The van der Waals surface area contributed by atoms with E-state index in [0.717, 1.165) is 12.1 Å². The van der Waals surface area contributed by atoms with E-state index in [2.05, 4.69) is 20.1 Å². The summed E-state index contributed by atoms with van der Waals surface area (Å²) in [5.41, 5.74) is -1.01. The first kappa shape index (κ1) is 23.5. The normalized spacial score (nSPS) is 15.2. The maximum Gasteiger partial charge on any atom is 0.586 e. The second-order valence-electron chi connectivity index (χ2n) is 6.93. The Hall–Kier alpha value is -3.12. The molecule has 3 N–H and O–H groups in total. The van der Waals surface area contributed by atoms with E-state index in [1.165, 1.54) is 25.2 Å². The fraction of sp³-hybridized carbons (Fsp3) is 0.263. The van der Waals surface area contributed by atoms with Crippen LogP contribution in [0.4, 0.5) is 33.3 Å². The Balaban J connectivity index is 1.52. The van der Waals surface area contributed by atoms with Gasteiger partial charge in [-0.3, -0.25) is 9.59 Å². The number of alkyl halides is 5. The van der Waals surface area contributed by atoms with Crippen molar-refractivity contribution in [1.29, 1.82) is 0 Å². The first-order valence-corrected chi connectivity index (χ1v) is 9.38. The van der Waals surface area contributed by atoms with Crippen LogP contribution in [0.1, 0.15) is 5.56 Å². The van der Waals surface area contributed by atoms with Crippen molar-refractivity contribution >= 4 is 34.8 Å². The molecule has 0 aliphatic carbocycles. The van der Waals surface area contributed by atoms with Gasteiger partial charge in [-0.2, -0.15) is 13.2 Å². The summed E-state index contributed by atoms with van der Waals surface area (Å²) in [7, 11) is 1.52. The van der Waals surface area contributed by atoms with Gasteiger partial charge < -0.3 is 25.0 Å². The summed E-state index contributed by atoms with van der Waals surface area (Å²) in [5.74, 6) is -1.58. The lowest BCUT2D eigenvalue weighted by Gasteiger charge is -2.15. The molecule has 0 spiro atoms. The molecule has 3 rings (SSSR count). The van der Waals surface area contributed by atoms with E-state index in [1.807, 2.05) is 0 Å². The minimum Gasteiger partial charge on any atom is -0.395 e. The molecular weight excluding hydrogens is 465 g/mol. The maximum absolute atomic E-state index is 13.0. The number of anilines is 2. The summed E-state index contributed by atoms with van der Waals surface area (Å²) in [6.45, 7) is -0.419. The topological polar surface area (TPSA) is 81.1 Å². The second kappa shape index (κ2) is 8.79. The van der Waals surface area contributed by atoms with Crippen LogP contribution in [0, 0.1) is 0 Å². The molecule has 0 fully saturated rings. The number of nitrogens with one attached hydrogen (secondary N) is 3. The zero-order valence-corrected chi connectivity index (χ0v) is 17.0. The summed E-state index contributed by atoms with van der Waals surface area (Å²) in [5, 5.41) is 4.29. The van der Waals surface area contributed by atoms with Crippen molar-refractivity contribution in [2.75, 3.05) is 30.8 Å². The average Bonchev–Trinajstić information content (AvgIpc) is 2.95. The largest absolute Gasteiger partial charge is 0.586 e. The summed E-state index contributed by atoms with van der Waals surface area (Å²) in [4.78, 5) is 24.7. The predicted octanol–water partition coefficient (Wildman–Crippen LogP) is 2.77. The number of benzene rings is 2. The number of hydrogen-bond donors (Lipinski definition) is 3. The predicted molar refractivity (Wildman–Crippen MR) is 103 cm³/mol. The van der Waals surface area contributed by atoms with Crippen molar-refractivity contribution < 1.29 is 45.9 Å². The highest BCUT2D eigenvalue weighted by molar-refractivity contribution is 6.31. The minimum absolute atomic E-state index is 0.0962. The van der Waals surface area contributed by atoms with Gasteiger partial charge in [0.15, 0.2) is 24.6 Å². The number of halogens is 6. The molecule has 0 aromatic heterocycles. The van der Waals surface area contributed by atoms with Crippen LogP contribution in [-0.4, -0.2) is 38.2 Å². The number of carbonyl (C=O) groups is 2. The van der Waals surface area contributed by atoms with Crippen molar-refractivity contribution in [1.82, 2.24) is 0 Å². The Bertz CT molecular complexity index is 1050. The molecule has 1 atom stereocenters. The van der Waals surface area contributed by atoms with Gasteiger partial charge in [0.1, 0.15) is 0 Å². The number of rotatable bonds is 6. The van der Waals surface area contributed by atoms with Crippen LogP contribution in [0.3, 0.4) is 0 Å². The van der Waals surface area contributed by atoms with E-state index in [4.69, 9.17) is 11.6 Å². The SMILES string of the molecule is C[NH+](CC(=O)Nc1ccc2c(c1)OC(F)(F)O2)CC(=O)Nc1ccc(Cl)c(C(F)(F)F)c1. The number of quaternary nitrogens is 1. The fourth-order valence-corrected chi connectivity index (χ4v) is 3.09. The van der Waals surface area contributed by atoms with Crippen LogP contribution in [0.25, 0.3) is 0 Å². The number of hydrogen-bond acceptors (Lipinski definition) is 4. The number of likely N-dealkylation sites (N-methyl/N-ethyl adjacent to an activating group) is 1. The Morgan fingerprint density at radius 2 is 1.50 bits per heavy atom. The molecule has 0 bridgehead atoms. The van der Waals surface area contributed by atoms with Gasteiger partial charge in [-0.05, 0) is 30.3 Å². The fourth-order valence-electron chi connectivity index (χ4n) is 2.87. The highest BCUT2D eigenvalue weighted by atomic mass is 35.5. The molecular formula is C19H16ClF5N3O4+. The van der Waals surface area contributed by atoms with E-state index >= 15 is 0 Å². The van der Waals surface area contributed by atoms with Crippen molar-refractivity contribution in [2.24, 2.45) is 0 Å². The molecule has 0 saturated carbocycles. The number of ether oxygens (including phenoxy) is 2. The van der Waals surface area contributed by atoms with Gasteiger partial charge in [0.25, 0.3) is 11.8 Å². The van der Waals surface area contributed by atoms with Crippen LogP contribution in [0.2, 0.25) is 5.02 Å². The molecule has 2 aromatic carbocycles. The number of carbonyl (C=O) groups excluding carboxylic acids is 2. The summed E-state index contributed by atoms with van der Waals surface area (Å²) >= 11 is 5.54. The van der Waals surface area contributed by atoms with Crippen molar-refractivity contribution in [3.05, 3.63) is 47.0 Å². The summed E-state index contributed by atoms with van der Waals surface area (Å²) in [6.07, 6.45) is -8.46. The van der Waals surface area contributed by atoms with Gasteiger partial charge in [-0.15, -0.1) is 8.78 Å². The van der Waals surface area contributed by atoms with Gasteiger partial charge in [-0.25, -0.2) is 0 Å². The first-order valence-electron chi connectivity index (χ1n) is 9.00. The Kier molecular flexibility index (Phi) is 6.46. The molecule has 13 heteroatoms. The lowest BCUT2D eigenvalue weighted by molar-refractivity contribution is -0.862. The molecule has 2 aromatic rings. The van der Waals surface area contributed by atoms with E-state index in [-0.39, 0.29) is 36.0 Å². The molecule has 172 valence electrons. The maximum atomic E-state index is 13.0. The molecule has 1 aliphatic rings. The van der Waals surface area contributed by atoms with Gasteiger partial charge in [-0.1, -0.05) is 11.6 Å². The standard InChI is InChI=1S/C19H15ClF5N3O4/c1-28(8-16(29)26-10-2-4-13(20)12(6-10)18(21,22)23)9-17(30)27-11-3-5-14-15(7-11)32-19(24,25)31-14/h2-7H,8-9H2,1H3,(H,26,29)(H,27,30)/p+1. The lowest BCUT2D eigenvalue weighted by Crippen LogP contribution is -3.11. The van der Waals surface area contributed by atoms with Crippen LogP contribution >= 0.6 is 11.6 Å². The van der Waals surface area contributed by atoms with Gasteiger partial charge >= 0.3 is 12.5 Å². The Labute approximate surface area is 183 Å². The van der Waals surface area contributed by atoms with Crippen molar-refractivity contribution in [2.45, 2.75) is 12.5 Å². The van der Waals surface area contributed by atoms with E-state index < -0.39 is 34.9 Å². The third kappa shape index (κ3) is 5.98. The van der Waals surface area contributed by atoms with Crippen molar-refractivity contribution in [3.8, 4) is 11.5 Å². The van der Waals surface area contributed by atoms with Crippen molar-refractivity contribution in [3.63, 3.8) is 0 Å². The number of amides is 2. The first-order chi connectivity index (χ1) is 14.8. The van der Waals surface area contributed by atoms with Crippen LogP contribution in [0.5, 0.6) is 11.5 Å². The third-order valence-corrected chi connectivity index (χ3v) is 4.49. The molecule has 0 saturated heterocycles. The highest BCUT2D eigenvalue weighted by Crippen LogP contribution is 2.42. The van der Waals surface area contributed by atoms with Gasteiger partial charge in [0.05, 0.1) is 17.6 Å². The summed E-state index contributed by atoms with van der Waals surface area (Å²) < 4.78 is 73.4. The van der Waals surface area contributed by atoms with Crippen LogP contribution in [0.15, 0.2) is 36.4 Å². The second-order valence-corrected chi connectivity index (χ2v) is 7.34. The van der Waals surface area contributed by atoms with E-state index in [9.17, 15) is 31.5 Å². The van der Waals surface area contributed by atoms with Crippen LogP contribution < -0.4 is 25.0 Å². The van der Waals surface area contributed by atoms with E-state index in [0.29, 0.717) is 11.0 Å². The molecule has 1 heterocycles. The molecule has 7 nitrogen and oxygen atoms in total. The third-order valence-electron chi connectivity index (χ3n) is 4.17.